The van der Waals surface area contributed by atoms with Crippen molar-refractivity contribution in [1.82, 2.24) is 28.7 Å². The minimum absolute atomic E-state index is 0.633. The fourth-order valence-corrected chi connectivity index (χ4v) is 8.67. The monoisotopic (exact) mass is 714 g/mol. The number of fused-ring (bicyclic) bond motifs is 10. The lowest BCUT2D eigenvalue weighted by atomic mass is 10.1. The molecule has 0 N–H and O–H groups in total. The van der Waals surface area contributed by atoms with Crippen LogP contribution >= 0.6 is 11.3 Å². The minimum atomic E-state index is 0.633. The molecule has 0 atom stereocenters. The zero-order chi connectivity index (χ0) is 36.3. The summed E-state index contributed by atoms with van der Waals surface area (Å²) in [6.45, 7) is 7.48. The maximum atomic E-state index is 5.12. The van der Waals surface area contributed by atoms with Gasteiger partial charge >= 0.3 is 0 Å². The number of thiazole rings is 1. The van der Waals surface area contributed by atoms with Crippen LogP contribution in [0.4, 0.5) is 0 Å². The van der Waals surface area contributed by atoms with Crippen molar-refractivity contribution in [3.05, 3.63) is 169 Å². The number of hydrogen-bond acceptors (Lipinski definition) is 4. The van der Waals surface area contributed by atoms with Crippen LogP contribution in [0.3, 0.4) is 0 Å². The normalized spacial score (nSPS) is 11.9. The second-order valence-corrected chi connectivity index (χ2v) is 14.2. The Kier molecular flexibility index (Phi) is 7.49. The maximum Gasteiger partial charge on any atom is 0.237 e. The van der Waals surface area contributed by atoms with E-state index < -0.39 is 0 Å². The Labute approximate surface area is 315 Å². The van der Waals surface area contributed by atoms with E-state index in [-0.39, 0.29) is 0 Å². The SMILES string of the molecule is C=C/C=C\C.Cc1nc(-n2c3cc4c5ccccc5n(-c5ccccc5)c4cc3c3cc4c(cc32)c2ccccc2n4-c2ccccc2)nc2ncsc12. The average molecular weight is 715 g/mol. The Morgan fingerprint density at radius 3 is 1.48 bits per heavy atom. The molecule has 6 nitrogen and oxygen atoms in total. The van der Waals surface area contributed by atoms with E-state index in [1.165, 1.54) is 32.6 Å². The van der Waals surface area contributed by atoms with Crippen molar-refractivity contribution in [2.75, 3.05) is 0 Å². The zero-order valence-corrected chi connectivity index (χ0v) is 30.6. The van der Waals surface area contributed by atoms with E-state index in [1.54, 1.807) is 17.4 Å². The van der Waals surface area contributed by atoms with Crippen molar-refractivity contribution >= 4 is 87.1 Å². The lowest BCUT2D eigenvalue weighted by Crippen LogP contribution is -2.03. The van der Waals surface area contributed by atoms with E-state index in [9.17, 15) is 0 Å². The van der Waals surface area contributed by atoms with E-state index in [4.69, 9.17) is 9.97 Å². The van der Waals surface area contributed by atoms with Crippen molar-refractivity contribution < 1.29 is 0 Å². The van der Waals surface area contributed by atoms with Crippen molar-refractivity contribution in [2.45, 2.75) is 13.8 Å². The third-order valence-corrected chi connectivity index (χ3v) is 11.2. The third-order valence-electron chi connectivity index (χ3n) is 10.3. The van der Waals surface area contributed by atoms with Gasteiger partial charge in [0.15, 0.2) is 5.65 Å². The molecule has 0 spiro atoms. The van der Waals surface area contributed by atoms with Gasteiger partial charge in [0.1, 0.15) is 0 Å². The highest BCUT2D eigenvalue weighted by Crippen LogP contribution is 2.42. The molecule has 0 amide bonds. The number of allylic oxidation sites excluding steroid dienone is 3. The van der Waals surface area contributed by atoms with E-state index in [2.05, 4.69) is 166 Å². The van der Waals surface area contributed by atoms with Crippen molar-refractivity contribution in [3.8, 4) is 17.3 Å². The molecule has 0 saturated carbocycles. The van der Waals surface area contributed by atoms with Crippen molar-refractivity contribution in [3.63, 3.8) is 0 Å². The summed E-state index contributed by atoms with van der Waals surface area (Å²) in [7, 11) is 0. The molecule has 0 fully saturated rings. The number of nitrogens with zero attached hydrogens (tertiary/aromatic N) is 6. The number of hydrogen-bond donors (Lipinski definition) is 0. The predicted octanol–water partition coefficient (Wildman–Crippen LogP) is 12.4. The van der Waals surface area contributed by atoms with Crippen molar-refractivity contribution in [2.24, 2.45) is 0 Å². The number of aryl methyl sites for hydroxylation is 1. The molecule has 54 heavy (non-hydrogen) atoms. The molecule has 11 rings (SSSR count). The van der Waals surface area contributed by atoms with Gasteiger partial charge < -0.3 is 9.13 Å². The standard InChI is InChI=1S/C42H26N6S.C5H8/c1-25-40-41(43-24-49-40)45-42(44-25)48-38-20-30-28-16-8-10-18-34(28)46(26-12-4-2-5-13-26)36(30)22-32(38)33-23-37-31(21-39(33)48)29-17-9-11-19-35(29)47(37)27-14-6-3-7-15-27;1-3-5-4-2/h2-24H,1H3;3-5H,1H2,2H3/b;5-4-. The largest absolute Gasteiger partial charge is 0.309 e. The Morgan fingerprint density at radius 1 is 0.537 bits per heavy atom. The van der Waals surface area contributed by atoms with Gasteiger partial charge in [-0.2, -0.15) is 4.98 Å². The lowest BCUT2D eigenvalue weighted by molar-refractivity contribution is 0.986. The molecule has 0 aliphatic carbocycles. The van der Waals surface area contributed by atoms with Gasteiger partial charge in [-0.05, 0) is 74.5 Å². The minimum Gasteiger partial charge on any atom is -0.309 e. The number of para-hydroxylation sites is 4. The zero-order valence-electron chi connectivity index (χ0n) is 29.8. The van der Waals surface area contributed by atoms with E-state index in [0.717, 1.165) is 60.3 Å². The number of benzene rings is 6. The van der Waals surface area contributed by atoms with Gasteiger partial charge in [0.2, 0.25) is 5.95 Å². The Balaban J connectivity index is 0.000000680. The highest BCUT2D eigenvalue weighted by atomic mass is 32.1. The summed E-state index contributed by atoms with van der Waals surface area (Å²) in [5, 5.41) is 7.08. The Morgan fingerprint density at radius 2 is 1.00 bits per heavy atom. The van der Waals surface area contributed by atoms with Crippen LogP contribution in [0.15, 0.2) is 164 Å². The van der Waals surface area contributed by atoms with E-state index in [1.807, 2.05) is 24.6 Å². The van der Waals surface area contributed by atoms with Gasteiger partial charge in [-0.1, -0.05) is 97.6 Å². The van der Waals surface area contributed by atoms with Crippen LogP contribution < -0.4 is 0 Å². The first-order chi connectivity index (χ1) is 26.6. The quantitative estimate of drug-likeness (QED) is 0.171. The second kappa shape index (κ2) is 12.7. The fourth-order valence-electron chi connectivity index (χ4n) is 7.99. The summed E-state index contributed by atoms with van der Waals surface area (Å²) in [6, 6.07) is 48.1. The highest BCUT2D eigenvalue weighted by Gasteiger charge is 2.23. The van der Waals surface area contributed by atoms with Gasteiger partial charge in [0.25, 0.3) is 0 Å². The van der Waals surface area contributed by atoms with Crippen LogP contribution in [-0.2, 0) is 0 Å². The van der Waals surface area contributed by atoms with Gasteiger partial charge in [-0.15, -0.1) is 11.3 Å². The summed E-state index contributed by atoms with van der Waals surface area (Å²) < 4.78 is 8.04. The molecule has 0 unspecified atom stereocenters. The topological polar surface area (TPSA) is 53.5 Å². The van der Waals surface area contributed by atoms with Crippen LogP contribution in [-0.4, -0.2) is 28.7 Å². The fraction of sp³-hybridized carbons (Fsp3) is 0.0426. The summed E-state index contributed by atoms with van der Waals surface area (Å²) >= 11 is 1.58. The van der Waals surface area contributed by atoms with Crippen LogP contribution in [0.25, 0.3) is 93.1 Å². The molecule has 258 valence electrons. The summed E-state index contributed by atoms with van der Waals surface area (Å²) in [5.41, 5.74) is 12.6. The molecule has 0 radical (unpaired) electrons. The molecule has 0 bridgehead atoms. The van der Waals surface area contributed by atoms with Gasteiger partial charge in [-0.25, -0.2) is 9.97 Å². The van der Waals surface area contributed by atoms with Crippen molar-refractivity contribution in [1.29, 1.82) is 0 Å². The van der Waals surface area contributed by atoms with Crippen LogP contribution in [0.2, 0.25) is 0 Å². The number of rotatable bonds is 4. The van der Waals surface area contributed by atoms with Gasteiger partial charge in [0, 0.05) is 43.7 Å². The highest BCUT2D eigenvalue weighted by molar-refractivity contribution is 7.16. The Hall–Kier alpha value is -6.83. The molecule has 0 aliphatic heterocycles. The summed E-state index contributed by atoms with van der Waals surface area (Å²) in [5.74, 6) is 0.633. The molecular weight excluding hydrogens is 681 g/mol. The predicted molar refractivity (Wildman–Crippen MR) is 228 cm³/mol. The second-order valence-electron chi connectivity index (χ2n) is 13.4. The van der Waals surface area contributed by atoms with Crippen LogP contribution in [0.5, 0.6) is 0 Å². The molecule has 5 aromatic heterocycles. The molecule has 5 heterocycles. The molecule has 0 saturated heterocycles. The first kappa shape index (κ1) is 31.9. The van der Waals surface area contributed by atoms with E-state index in [0.29, 0.717) is 5.95 Å². The van der Waals surface area contributed by atoms with E-state index >= 15 is 0 Å². The van der Waals surface area contributed by atoms with Crippen LogP contribution in [0.1, 0.15) is 12.6 Å². The molecule has 11 aromatic rings. The van der Waals surface area contributed by atoms with Gasteiger partial charge in [-0.3, -0.25) is 4.57 Å². The molecule has 7 heteroatoms. The van der Waals surface area contributed by atoms with Gasteiger partial charge in [0.05, 0.1) is 49.0 Å². The smallest absolute Gasteiger partial charge is 0.237 e. The Bertz CT molecular complexity index is 3080. The summed E-state index contributed by atoms with van der Waals surface area (Å²) in [4.78, 5) is 14.8. The lowest BCUT2D eigenvalue weighted by Gasteiger charge is -2.09. The average Bonchev–Trinajstić information content (AvgIpc) is 3.97. The molecule has 6 aromatic carbocycles. The third kappa shape index (κ3) is 4.82. The molecule has 0 aliphatic rings. The molecular formula is C47H34N6S. The first-order valence-corrected chi connectivity index (χ1v) is 18.9. The maximum absolute atomic E-state index is 5.12. The number of aromatic nitrogens is 6. The first-order valence-electron chi connectivity index (χ1n) is 18.0. The van der Waals surface area contributed by atoms with Crippen LogP contribution in [0, 0.1) is 6.92 Å². The summed E-state index contributed by atoms with van der Waals surface area (Å²) in [6.07, 6.45) is 5.58.